The third kappa shape index (κ3) is 7.68. The molecule has 0 spiro atoms. The van der Waals surface area contributed by atoms with Crippen molar-refractivity contribution in [1.29, 1.82) is 0 Å². The number of carbonyl (C=O) groups is 2. The number of hydrogen-bond donors (Lipinski definition) is 2. The highest BCUT2D eigenvalue weighted by molar-refractivity contribution is 7.89. The zero-order valence-corrected chi connectivity index (χ0v) is 20.4. The number of nitrogens with one attached hydrogen (secondary N) is 2. The number of likely N-dealkylation sites (tertiary alicyclic amines) is 1. The monoisotopic (exact) mass is 481 g/mol. The number of hydrogen-bond acceptors (Lipinski definition) is 6. The minimum absolute atomic E-state index is 0.0720. The van der Waals surface area contributed by atoms with Crippen LogP contribution < -0.4 is 10.0 Å². The van der Waals surface area contributed by atoms with Gasteiger partial charge in [-0.25, -0.2) is 17.9 Å². The van der Waals surface area contributed by atoms with E-state index in [-0.39, 0.29) is 29.4 Å². The quantitative estimate of drug-likeness (QED) is 0.619. The number of piperidine rings is 1. The first kappa shape index (κ1) is 25.5. The van der Waals surface area contributed by atoms with E-state index in [4.69, 9.17) is 9.47 Å². The Kier molecular flexibility index (Phi) is 8.36. The maximum atomic E-state index is 13.0. The second-order valence-electron chi connectivity index (χ2n) is 9.63. The van der Waals surface area contributed by atoms with Crippen LogP contribution in [0.1, 0.15) is 56.8 Å². The van der Waals surface area contributed by atoms with Crippen molar-refractivity contribution in [3.8, 4) is 0 Å². The normalized spacial score (nSPS) is 20.0. The van der Waals surface area contributed by atoms with Crippen molar-refractivity contribution >= 4 is 22.0 Å². The Balaban J connectivity index is 1.51. The van der Waals surface area contributed by atoms with Crippen molar-refractivity contribution in [2.75, 3.05) is 32.8 Å². The zero-order chi connectivity index (χ0) is 24.1. The van der Waals surface area contributed by atoms with Crippen molar-refractivity contribution in [1.82, 2.24) is 14.9 Å². The number of rotatable bonds is 7. The van der Waals surface area contributed by atoms with E-state index in [9.17, 15) is 18.0 Å². The van der Waals surface area contributed by atoms with Crippen molar-refractivity contribution in [3.05, 3.63) is 29.8 Å². The van der Waals surface area contributed by atoms with Gasteiger partial charge in [0, 0.05) is 38.3 Å². The molecule has 1 aromatic rings. The number of alkyl carbamates (subject to hydrolysis) is 1. The first-order valence-corrected chi connectivity index (χ1v) is 13.0. The van der Waals surface area contributed by atoms with Crippen LogP contribution in [-0.4, -0.2) is 69.8 Å². The third-order valence-corrected chi connectivity index (χ3v) is 7.17. The standard InChI is InChI=1S/C23H35N3O6S/c1-23(2,3)32-22(28)24-15-17-9-11-26(12-10-17)21(27)18-6-4-8-20(14-18)33(29,30)25-16-19-7-5-13-31-19/h4,6,8,14,17,19,25H,5,7,9-13,15-16H2,1-3H3,(H,24,28). The lowest BCUT2D eigenvalue weighted by molar-refractivity contribution is 0.0500. The van der Waals surface area contributed by atoms with E-state index in [1.165, 1.54) is 12.1 Å². The molecule has 0 aliphatic carbocycles. The summed E-state index contributed by atoms with van der Waals surface area (Å²) in [5.74, 6) is 0.0695. The highest BCUT2D eigenvalue weighted by Gasteiger charge is 2.26. The van der Waals surface area contributed by atoms with Crippen LogP contribution in [0.3, 0.4) is 0 Å². The summed E-state index contributed by atoms with van der Waals surface area (Å²) >= 11 is 0. The minimum atomic E-state index is -3.72. The molecule has 3 rings (SSSR count). The molecular weight excluding hydrogens is 446 g/mol. The van der Waals surface area contributed by atoms with E-state index < -0.39 is 21.7 Å². The Hall–Kier alpha value is -2.17. The van der Waals surface area contributed by atoms with Crippen LogP contribution in [0.5, 0.6) is 0 Å². The van der Waals surface area contributed by atoms with Crippen LogP contribution in [-0.2, 0) is 19.5 Å². The number of amides is 2. The van der Waals surface area contributed by atoms with Gasteiger partial charge < -0.3 is 19.7 Å². The molecule has 33 heavy (non-hydrogen) atoms. The third-order valence-electron chi connectivity index (χ3n) is 5.75. The van der Waals surface area contributed by atoms with Crippen molar-refractivity contribution in [2.24, 2.45) is 5.92 Å². The molecule has 1 aromatic carbocycles. The van der Waals surface area contributed by atoms with Crippen LogP contribution in [0.15, 0.2) is 29.2 Å². The maximum Gasteiger partial charge on any atom is 0.407 e. The Morgan fingerprint density at radius 2 is 1.88 bits per heavy atom. The molecule has 0 aromatic heterocycles. The van der Waals surface area contributed by atoms with Gasteiger partial charge in [-0.1, -0.05) is 6.07 Å². The number of carbonyl (C=O) groups excluding carboxylic acids is 2. The highest BCUT2D eigenvalue weighted by atomic mass is 32.2. The molecule has 0 bridgehead atoms. The molecule has 2 saturated heterocycles. The van der Waals surface area contributed by atoms with Gasteiger partial charge in [-0.3, -0.25) is 4.79 Å². The van der Waals surface area contributed by atoms with Crippen molar-refractivity contribution in [3.63, 3.8) is 0 Å². The van der Waals surface area contributed by atoms with Crippen LogP contribution in [0.25, 0.3) is 0 Å². The minimum Gasteiger partial charge on any atom is -0.444 e. The molecule has 2 amide bonds. The van der Waals surface area contributed by atoms with Crippen LogP contribution >= 0.6 is 0 Å². The largest absolute Gasteiger partial charge is 0.444 e. The van der Waals surface area contributed by atoms with Gasteiger partial charge >= 0.3 is 6.09 Å². The van der Waals surface area contributed by atoms with Crippen molar-refractivity contribution in [2.45, 2.75) is 63.1 Å². The van der Waals surface area contributed by atoms with E-state index in [0.717, 1.165) is 25.7 Å². The van der Waals surface area contributed by atoms with E-state index in [0.29, 0.717) is 31.8 Å². The van der Waals surface area contributed by atoms with Gasteiger partial charge in [0.1, 0.15) is 5.60 Å². The number of ether oxygens (including phenoxy) is 2. The summed E-state index contributed by atoms with van der Waals surface area (Å²) in [6.07, 6.45) is 2.74. The van der Waals surface area contributed by atoms with Gasteiger partial charge in [-0.2, -0.15) is 0 Å². The summed E-state index contributed by atoms with van der Waals surface area (Å²) in [4.78, 5) is 26.6. The van der Waals surface area contributed by atoms with Crippen LogP contribution in [0.4, 0.5) is 4.79 Å². The molecule has 1 atom stereocenters. The average Bonchev–Trinajstić information content (AvgIpc) is 3.29. The summed E-state index contributed by atoms with van der Waals surface area (Å²) < 4.78 is 38.6. The Morgan fingerprint density at radius 1 is 1.15 bits per heavy atom. The van der Waals surface area contributed by atoms with Gasteiger partial charge in [-0.15, -0.1) is 0 Å². The molecule has 2 N–H and O–H groups in total. The van der Waals surface area contributed by atoms with Crippen LogP contribution in [0.2, 0.25) is 0 Å². The van der Waals surface area contributed by atoms with Gasteiger partial charge in [0.2, 0.25) is 10.0 Å². The lowest BCUT2D eigenvalue weighted by Crippen LogP contribution is -2.42. The van der Waals surface area contributed by atoms with Gasteiger partial charge in [-0.05, 0) is 70.6 Å². The molecule has 9 nitrogen and oxygen atoms in total. The first-order valence-electron chi connectivity index (χ1n) is 11.5. The molecular formula is C23H35N3O6S. The predicted octanol–water partition coefficient (Wildman–Crippen LogP) is 2.52. The highest BCUT2D eigenvalue weighted by Crippen LogP contribution is 2.20. The summed E-state index contributed by atoms with van der Waals surface area (Å²) in [5.41, 5.74) is -0.192. The summed E-state index contributed by atoms with van der Waals surface area (Å²) in [6, 6.07) is 6.14. The summed E-state index contributed by atoms with van der Waals surface area (Å²) in [6.45, 7) is 7.93. The molecule has 2 aliphatic heterocycles. The average molecular weight is 482 g/mol. The fourth-order valence-electron chi connectivity index (χ4n) is 3.95. The molecule has 0 saturated carbocycles. The predicted molar refractivity (Wildman–Crippen MR) is 123 cm³/mol. The van der Waals surface area contributed by atoms with Gasteiger partial charge in [0.05, 0.1) is 11.0 Å². The number of sulfonamides is 1. The zero-order valence-electron chi connectivity index (χ0n) is 19.6. The van der Waals surface area contributed by atoms with Crippen molar-refractivity contribution < 1.29 is 27.5 Å². The maximum absolute atomic E-state index is 13.0. The van der Waals surface area contributed by atoms with Crippen LogP contribution in [0, 0.1) is 5.92 Å². The second-order valence-corrected chi connectivity index (χ2v) is 11.4. The van der Waals surface area contributed by atoms with E-state index in [1.54, 1.807) is 17.0 Å². The topological polar surface area (TPSA) is 114 Å². The summed E-state index contributed by atoms with van der Waals surface area (Å²) in [5, 5.41) is 2.79. The van der Waals surface area contributed by atoms with E-state index in [2.05, 4.69) is 10.0 Å². The first-order chi connectivity index (χ1) is 15.5. The lowest BCUT2D eigenvalue weighted by Gasteiger charge is -2.32. The van der Waals surface area contributed by atoms with Gasteiger partial charge in [0.15, 0.2) is 0 Å². The van der Waals surface area contributed by atoms with Gasteiger partial charge in [0.25, 0.3) is 5.91 Å². The fraction of sp³-hybridized carbons (Fsp3) is 0.652. The SMILES string of the molecule is CC(C)(C)OC(=O)NCC1CCN(C(=O)c2cccc(S(=O)(=O)NCC3CCCO3)c2)CC1. The lowest BCUT2D eigenvalue weighted by atomic mass is 9.96. The molecule has 1 unspecified atom stereocenters. The smallest absolute Gasteiger partial charge is 0.407 e. The molecule has 2 fully saturated rings. The molecule has 0 radical (unpaired) electrons. The molecule has 2 aliphatic rings. The number of nitrogens with zero attached hydrogens (tertiary/aromatic N) is 1. The fourth-order valence-corrected chi connectivity index (χ4v) is 5.06. The molecule has 2 heterocycles. The second kappa shape index (κ2) is 10.8. The Morgan fingerprint density at radius 3 is 2.52 bits per heavy atom. The van der Waals surface area contributed by atoms with E-state index in [1.807, 2.05) is 20.8 Å². The molecule has 184 valence electrons. The molecule has 10 heteroatoms. The summed E-state index contributed by atoms with van der Waals surface area (Å²) in [7, 11) is -3.72. The number of benzene rings is 1. The Bertz CT molecular complexity index is 930. The Labute approximate surface area is 196 Å². The van der Waals surface area contributed by atoms with E-state index >= 15 is 0 Å².